The van der Waals surface area contributed by atoms with Gasteiger partial charge in [0, 0.05) is 6.07 Å². The van der Waals surface area contributed by atoms with Crippen molar-refractivity contribution in [1.29, 1.82) is 0 Å². The standard InChI is InChI=1S/C12H8F2O2S/c13-8-3-4-11(9(14)6-8)16-7-10(15)12-2-1-5-17-12/h1-6H,7H2. The lowest BCUT2D eigenvalue weighted by Gasteiger charge is -2.05. The van der Waals surface area contributed by atoms with Gasteiger partial charge in [-0.1, -0.05) is 6.07 Å². The van der Waals surface area contributed by atoms with E-state index >= 15 is 0 Å². The van der Waals surface area contributed by atoms with Crippen LogP contribution in [0.5, 0.6) is 5.75 Å². The van der Waals surface area contributed by atoms with E-state index in [1.165, 1.54) is 11.3 Å². The van der Waals surface area contributed by atoms with Crippen LogP contribution >= 0.6 is 11.3 Å². The van der Waals surface area contributed by atoms with Crippen LogP contribution in [0.2, 0.25) is 0 Å². The van der Waals surface area contributed by atoms with Gasteiger partial charge in [0.15, 0.2) is 18.2 Å². The zero-order valence-corrected chi connectivity index (χ0v) is 9.47. The summed E-state index contributed by atoms with van der Waals surface area (Å²) in [6.07, 6.45) is 0. The Hall–Kier alpha value is -1.75. The highest BCUT2D eigenvalue weighted by Gasteiger charge is 2.10. The third-order valence-corrected chi connectivity index (χ3v) is 2.96. The number of thiophene rings is 1. The smallest absolute Gasteiger partial charge is 0.210 e. The van der Waals surface area contributed by atoms with Crippen molar-refractivity contribution in [2.75, 3.05) is 6.61 Å². The van der Waals surface area contributed by atoms with Crippen LogP contribution in [0, 0.1) is 11.6 Å². The SMILES string of the molecule is O=C(COc1ccc(F)cc1F)c1cccs1. The summed E-state index contributed by atoms with van der Waals surface area (Å²) in [5, 5.41) is 1.77. The first-order chi connectivity index (χ1) is 8.16. The van der Waals surface area contributed by atoms with Crippen molar-refractivity contribution in [2.24, 2.45) is 0 Å². The van der Waals surface area contributed by atoms with E-state index in [1.807, 2.05) is 0 Å². The molecule has 17 heavy (non-hydrogen) atoms. The molecule has 1 aromatic carbocycles. The Bertz CT molecular complexity index is 523. The number of rotatable bonds is 4. The highest BCUT2D eigenvalue weighted by atomic mass is 32.1. The second-order valence-electron chi connectivity index (χ2n) is 3.26. The van der Waals surface area contributed by atoms with Crippen LogP contribution in [0.4, 0.5) is 8.78 Å². The summed E-state index contributed by atoms with van der Waals surface area (Å²) < 4.78 is 30.8. The van der Waals surface area contributed by atoms with Crippen LogP contribution in [0.3, 0.4) is 0 Å². The molecule has 0 atom stereocenters. The number of hydrogen-bond acceptors (Lipinski definition) is 3. The summed E-state index contributed by atoms with van der Waals surface area (Å²) in [7, 11) is 0. The van der Waals surface area contributed by atoms with Gasteiger partial charge in [-0.25, -0.2) is 8.78 Å². The lowest BCUT2D eigenvalue weighted by molar-refractivity contribution is 0.0923. The van der Waals surface area contributed by atoms with Gasteiger partial charge in [-0.2, -0.15) is 0 Å². The number of ether oxygens (including phenoxy) is 1. The van der Waals surface area contributed by atoms with Crippen LogP contribution in [0.25, 0.3) is 0 Å². The van der Waals surface area contributed by atoms with Crippen molar-refractivity contribution in [3.05, 3.63) is 52.2 Å². The molecule has 0 unspecified atom stereocenters. The molecule has 1 aromatic heterocycles. The topological polar surface area (TPSA) is 26.3 Å². The van der Waals surface area contributed by atoms with E-state index in [0.717, 1.165) is 12.1 Å². The van der Waals surface area contributed by atoms with Crippen molar-refractivity contribution in [1.82, 2.24) is 0 Å². The fraction of sp³-hybridized carbons (Fsp3) is 0.0833. The molecule has 2 nitrogen and oxygen atoms in total. The molecule has 0 saturated heterocycles. The Labute approximate surface area is 100 Å². The fourth-order valence-electron chi connectivity index (χ4n) is 1.24. The molecule has 0 aliphatic carbocycles. The largest absolute Gasteiger partial charge is 0.482 e. The van der Waals surface area contributed by atoms with Crippen molar-refractivity contribution in [3.63, 3.8) is 0 Å². The fourth-order valence-corrected chi connectivity index (χ4v) is 1.90. The molecular formula is C12H8F2O2S. The Balaban J connectivity index is 2.01. The van der Waals surface area contributed by atoms with Gasteiger partial charge >= 0.3 is 0 Å². The Morgan fingerprint density at radius 2 is 2.12 bits per heavy atom. The lowest BCUT2D eigenvalue weighted by Crippen LogP contribution is -2.10. The second-order valence-corrected chi connectivity index (χ2v) is 4.21. The van der Waals surface area contributed by atoms with E-state index in [2.05, 4.69) is 0 Å². The molecular weight excluding hydrogens is 246 g/mol. The van der Waals surface area contributed by atoms with Crippen LogP contribution < -0.4 is 4.74 Å². The Morgan fingerprint density at radius 1 is 1.29 bits per heavy atom. The molecule has 0 bridgehead atoms. The molecule has 0 fully saturated rings. The maximum atomic E-state index is 13.2. The van der Waals surface area contributed by atoms with Crippen molar-refractivity contribution >= 4 is 17.1 Å². The van der Waals surface area contributed by atoms with Crippen LogP contribution in [0.1, 0.15) is 9.67 Å². The summed E-state index contributed by atoms with van der Waals surface area (Å²) in [4.78, 5) is 12.1. The van der Waals surface area contributed by atoms with Crippen LogP contribution in [0.15, 0.2) is 35.7 Å². The van der Waals surface area contributed by atoms with Crippen molar-refractivity contribution < 1.29 is 18.3 Å². The number of carbonyl (C=O) groups is 1. The number of benzene rings is 1. The van der Waals surface area contributed by atoms with Gasteiger partial charge in [-0.15, -0.1) is 11.3 Å². The van der Waals surface area contributed by atoms with Gasteiger partial charge in [-0.3, -0.25) is 4.79 Å². The highest BCUT2D eigenvalue weighted by molar-refractivity contribution is 7.12. The first-order valence-corrected chi connectivity index (χ1v) is 5.69. The third kappa shape index (κ3) is 2.88. The predicted octanol–water partition coefficient (Wildman–Crippen LogP) is 3.29. The summed E-state index contributed by atoms with van der Waals surface area (Å²) >= 11 is 1.29. The number of hydrogen-bond donors (Lipinski definition) is 0. The number of carbonyl (C=O) groups excluding carboxylic acids is 1. The lowest BCUT2D eigenvalue weighted by atomic mass is 10.3. The molecule has 88 valence electrons. The van der Waals surface area contributed by atoms with E-state index in [0.29, 0.717) is 10.9 Å². The van der Waals surface area contributed by atoms with Crippen molar-refractivity contribution in [2.45, 2.75) is 0 Å². The van der Waals surface area contributed by atoms with E-state index in [-0.39, 0.29) is 18.1 Å². The average molecular weight is 254 g/mol. The minimum Gasteiger partial charge on any atom is -0.482 e. The van der Waals surface area contributed by atoms with Crippen LogP contribution in [-0.4, -0.2) is 12.4 Å². The molecule has 0 aliphatic heterocycles. The Kier molecular flexibility index (Phi) is 3.49. The molecule has 0 amide bonds. The zero-order chi connectivity index (χ0) is 12.3. The molecule has 0 radical (unpaired) electrons. The Morgan fingerprint density at radius 3 is 2.76 bits per heavy atom. The predicted molar refractivity (Wildman–Crippen MR) is 60.5 cm³/mol. The summed E-state index contributed by atoms with van der Waals surface area (Å²) in [5.74, 6) is -1.86. The third-order valence-electron chi connectivity index (χ3n) is 2.05. The number of Topliss-reactive ketones (excluding diaryl/α,β-unsaturated/α-hetero) is 1. The molecule has 0 spiro atoms. The normalized spacial score (nSPS) is 10.2. The first-order valence-electron chi connectivity index (χ1n) is 4.81. The van der Waals surface area contributed by atoms with E-state index in [9.17, 15) is 13.6 Å². The summed E-state index contributed by atoms with van der Waals surface area (Å²) in [6.45, 7) is -0.261. The maximum Gasteiger partial charge on any atom is 0.210 e. The highest BCUT2D eigenvalue weighted by Crippen LogP contribution is 2.18. The quantitative estimate of drug-likeness (QED) is 0.782. The molecule has 0 aliphatic rings. The van der Waals surface area contributed by atoms with Crippen molar-refractivity contribution in [3.8, 4) is 5.75 Å². The number of ketones is 1. The monoisotopic (exact) mass is 254 g/mol. The van der Waals surface area contributed by atoms with E-state index in [1.54, 1.807) is 17.5 Å². The van der Waals surface area contributed by atoms with Crippen LogP contribution in [-0.2, 0) is 0 Å². The molecule has 0 N–H and O–H groups in total. The average Bonchev–Trinajstić information content (AvgIpc) is 2.81. The molecule has 2 aromatic rings. The van der Waals surface area contributed by atoms with Gasteiger partial charge in [0.1, 0.15) is 5.82 Å². The second kappa shape index (κ2) is 5.05. The van der Waals surface area contributed by atoms with Gasteiger partial charge in [0.25, 0.3) is 0 Å². The maximum absolute atomic E-state index is 13.2. The minimum absolute atomic E-state index is 0.128. The van der Waals surface area contributed by atoms with E-state index in [4.69, 9.17) is 4.74 Å². The molecule has 1 heterocycles. The summed E-state index contributed by atoms with van der Waals surface area (Å²) in [5.41, 5.74) is 0. The summed E-state index contributed by atoms with van der Waals surface area (Å²) in [6, 6.07) is 6.36. The zero-order valence-electron chi connectivity index (χ0n) is 8.65. The van der Waals surface area contributed by atoms with Gasteiger partial charge in [-0.05, 0) is 23.6 Å². The van der Waals surface area contributed by atoms with Gasteiger partial charge < -0.3 is 4.74 Å². The van der Waals surface area contributed by atoms with Gasteiger partial charge in [0.2, 0.25) is 5.78 Å². The molecule has 5 heteroatoms. The molecule has 2 rings (SSSR count). The molecule has 0 saturated carbocycles. The van der Waals surface area contributed by atoms with Gasteiger partial charge in [0.05, 0.1) is 4.88 Å². The van der Waals surface area contributed by atoms with E-state index < -0.39 is 11.6 Å². The number of halogens is 2. The first kappa shape index (κ1) is 11.7. The minimum atomic E-state index is -0.816.